The second-order valence-corrected chi connectivity index (χ2v) is 4.12. The lowest BCUT2D eigenvalue weighted by molar-refractivity contribution is -0.118. The largest absolute Gasteiger partial charge is 0.309 e. The first-order chi connectivity index (χ1) is 7.18. The first-order valence-electron chi connectivity index (χ1n) is 5.22. The second kappa shape index (κ2) is 4.02. The Morgan fingerprint density at radius 1 is 1.67 bits per heavy atom. The highest BCUT2D eigenvalue weighted by atomic mass is 16.2. The molecule has 2 rings (SSSR count). The summed E-state index contributed by atoms with van der Waals surface area (Å²) in [5.74, 6) is 1.11. The number of nitrogens with zero attached hydrogens (tertiary/aromatic N) is 1. The van der Waals surface area contributed by atoms with Gasteiger partial charge in [0.2, 0.25) is 5.91 Å². The number of aromatic amines is 1. The van der Waals surface area contributed by atoms with E-state index in [0.29, 0.717) is 11.7 Å². The van der Waals surface area contributed by atoms with Crippen molar-refractivity contribution in [3.8, 4) is 0 Å². The lowest BCUT2D eigenvalue weighted by atomic mass is 10.0. The number of aromatic nitrogens is 2. The molecule has 0 aliphatic carbocycles. The molecule has 1 saturated heterocycles. The van der Waals surface area contributed by atoms with Crippen LogP contribution in [0.2, 0.25) is 0 Å². The van der Waals surface area contributed by atoms with E-state index in [9.17, 15) is 4.79 Å². The van der Waals surface area contributed by atoms with Crippen LogP contribution in [0.1, 0.15) is 18.9 Å². The predicted octanol–water partition coefficient (Wildman–Crippen LogP) is 0.655. The molecule has 0 radical (unpaired) electrons. The van der Waals surface area contributed by atoms with Gasteiger partial charge in [-0.15, -0.1) is 0 Å². The smallest absolute Gasteiger partial charge is 0.242 e. The predicted molar refractivity (Wildman–Crippen MR) is 57.5 cm³/mol. The van der Waals surface area contributed by atoms with Crippen LogP contribution in [-0.2, 0) is 4.79 Å². The minimum atomic E-state index is -0.0762. The minimum Gasteiger partial charge on any atom is -0.309 e. The molecule has 2 heterocycles. The Morgan fingerprint density at radius 3 is 3.00 bits per heavy atom. The molecule has 3 N–H and O–H groups in total. The molecule has 1 fully saturated rings. The topological polar surface area (TPSA) is 69.8 Å². The maximum absolute atomic E-state index is 11.9. The van der Waals surface area contributed by atoms with Crippen LogP contribution >= 0.6 is 0 Å². The number of anilines is 1. The Bertz CT molecular complexity index is 360. The SMILES string of the molecule is Cc1cn[nH]c1NC(=O)C1NCCC1C. The third kappa shape index (κ3) is 2.02. The van der Waals surface area contributed by atoms with Crippen molar-refractivity contribution >= 4 is 11.7 Å². The molecular weight excluding hydrogens is 192 g/mol. The average molecular weight is 208 g/mol. The van der Waals surface area contributed by atoms with Crippen molar-refractivity contribution < 1.29 is 4.79 Å². The van der Waals surface area contributed by atoms with Crippen LogP contribution in [-0.4, -0.2) is 28.7 Å². The Balaban J connectivity index is 2.01. The molecule has 82 valence electrons. The lowest BCUT2D eigenvalue weighted by Crippen LogP contribution is -2.39. The summed E-state index contributed by atoms with van der Waals surface area (Å²) in [6.07, 6.45) is 2.75. The van der Waals surface area contributed by atoms with Gasteiger partial charge in [-0.3, -0.25) is 9.89 Å². The fourth-order valence-corrected chi connectivity index (χ4v) is 1.86. The normalized spacial score (nSPS) is 25.5. The van der Waals surface area contributed by atoms with E-state index in [1.54, 1.807) is 6.20 Å². The van der Waals surface area contributed by atoms with Gasteiger partial charge in [0.15, 0.2) is 0 Å². The summed E-state index contributed by atoms with van der Waals surface area (Å²) in [4.78, 5) is 11.9. The van der Waals surface area contributed by atoms with Crippen LogP contribution in [0, 0.1) is 12.8 Å². The molecule has 1 aromatic rings. The first kappa shape index (κ1) is 10.2. The van der Waals surface area contributed by atoms with E-state index in [2.05, 4.69) is 27.8 Å². The van der Waals surface area contributed by atoms with E-state index in [1.165, 1.54) is 0 Å². The quantitative estimate of drug-likeness (QED) is 0.668. The van der Waals surface area contributed by atoms with Gasteiger partial charge in [0, 0.05) is 5.56 Å². The van der Waals surface area contributed by atoms with Gasteiger partial charge in [-0.05, 0) is 25.8 Å². The first-order valence-corrected chi connectivity index (χ1v) is 5.22. The van der Waals surface area contributed by atoms with Crippen LogP contribution < -0.4 is 10.6 Å². The van der Waals surface area contributed by atoms with E-state index < -0.39 is 0 Å². The highest BCUT2D eigenvalue weighted by Gasteiger charge is 2.29. The molecule has 1 aliphatic rings. The lowest BCUT2D eigenvalue weighted by Gasteiger charge is -2.14. The number of aryl methyl sites for hydroxylation is 1. The Hall–Kier alpha value is -1.36. The number of hydrogen-bond acceptors (Lipinski definition) is 3. The van der Waals surface area contributed by atoms with Gasteiger partial charge >= 0.3 is 0 Å². The highest BCUT2D eigenvalue weighted by molar-refractivity contribution is 5.94. The zero-order valence-electron chi connectivity index (χ0n) is 9.00. The molecule has 0 bridgehead atoms. The zero-order chi connectivity index (χ0) is 10.8. The Morgan fingerprint density at radius 2 is 2.47 bits per heavy atom. The average Bonchev–Trinajstić information content (AvgIpc) is 2.76. The third-order valence-electron chi connectivity index (χ3n) is 2.89. The van der Waals surface area contributed by atoms with E-state index in [4.69, 9.17) is 0 Å². The number of carbonyl (C=O) groups is 1. The molecular formula is C10H16N4O. The summed E-state index contributed by atoms with van der Waals surface area (Å²) >= 11 is 0. The van der Waals surface area contributed by atoms with Gasteiger partial charge in [0.25, 0.3) is 0 Å². The molecule has 15 heavy (non-hydrogen) atoms. The minimum absolute atomic E-state index is 0.0207. The summed E-state index contributed by atoms with van der Waals surface area (Å²) in [5.41, 5.74) is 0.953. The van der Waals surface area contributed by atoms with Crippen molar-refractivity contribution in [2.75, 3.05) is 11.9 Å². The molecule has 2 unspecified atom stereocenters. The number of amides is 1. The zero-order valence-corrected chi connectivity index (χ0v) is 9.00. The molecule has 5 heteroatoms. The van der Waals surface area contributed by atoms with Gasteiger partial charge in [0.05, 0.1) is 12.2 Å². The number of rotatable bonds is 2. The fraction of sp³-hybridized carbons (Fsp3) is 0.600. The van der Waals surface area contributed by atoms with E-state index in [-0.39, 0.29) is 11.9 Å². The summed E-state index contributed by atoms with van der Waals surface area (Å²) in [6.45, 7) is 4.91. The summed E-state index contributed by atoms with van der Waals surface area (Å²) in [7, 11) is 0. The maximum atomic E-state index is 11.9. The monoisotopic (exact) mass is 208 g/mol. The van der Waals surface area contributed by atoms with Gasteiger partial charge in [0.1, 0.15) is 5.82 Å². The van der Waals surface area contributed by atoms with Crippen molar-refractivity contribution in [2.45, 2.75) is 26.3 Å². The van der Waals surface area contributed by atoms with Crippen molar-refractivity contribution in [3.05, 3.63) is 11.8 Å². The maximum Gasteiger partial charge on any atom is 0.242 e. The van der Waals surface area contributed by atoms with Crippen LogP contribution in [0.4, 0.5) is 5.82 Å². The second-order valence-electron chi connectivity index (χ2n) is 4.12. The van der Waals surface area contributed by atoms with Crippen molar-refractivity contribution in [1.82, 2.24) is 15.5 Å². The number of nitrogens with one attached hydrogen (secondary N) is 3. The standard InChI is InChI=1S/C10H16N4O/c1-6-3-4-11-8(6)10(15)13-9-7(2)5-12-14-9/h5-6,8,11H,3-4H2,1-2H3,(H2,12,13,14,15). The number of hydrogen-bond donors (Lipinski definition) is 3. The van der Waals surface area contributed by atoms with Crippen molar-refractivity contribution in [3.63, 3.8) is 0 Å². The highest BCUT2D eigenvalue weighted by Crippen LogP contribution is 2.16. The number of H-pyrrole nitrogens is 1. The molecule has 0 spiro atoms. The Labute approximate surface area is 88.6 Å². The van der Waals surface area contributed by atoms with Crippen molar-refractivity contribution in [2.24, 2.45) is 5.92 Å². The van der Waals surface area contributed by atoms with E-state index >= 15 is 0 Å². The summed E-state index contributed by atoms with van der Waals surface area (Å²) in [5, 5.41) is 12.7. The number of carbonyl (C=O) groups excluding carboxylic acids is 1. The molecule has 1 amide bonds. The molecule has 0 aromatic carbocycles. The molecule has 2 atom stereocenters. The van der Waals surface area contributed by atoms with Crippen LogP contribution in [0.15, 0.2) is 6.20 Å². The Kier molecular flexibility index (Phi) is 2.73. The van der Waals surface area contributed by atoms with E-state index in [1.807, 2.05) is 6.92 Å². The van der Waals surface area contributed by atoms with Gasteiger partial charge in [-0.2, -0.15) is 5.10 Å². The molecule has 0 saturated carbocycles. The summed E-state index contributed by atoms with van der Waals surface area (Å²) in [6, 6.07) is -0.0762. The van der Waals surface area contributed by atoms with E-state index in [0.717, 1.165) is 18.5 Å². The molecule has 1 aliphatic heterocycles. The van der Waals surface area contributed by atoms with Crippen molar-refractivity contribution in [1.29, 1.82) is 0 Å². The third-order valence-corrected chi connectivity index (χ3v) is 2.89. The van der Waals surface area contributed by atoms with Crippen LogP contribution in [0.25, 0.3) is 0 Å². The molecule has 1 aromatic heterocycles. The fourth-order valence-electron chi connectivity index (χ4n) is 1.86. The molecule has 5 nitrogen and oxygen atoms in total. The summed E-state index contributed by atoms with van der Waals surface area (Å²) < 4.78 is 0. The van der Waals surface area contributed by atoms with Crippen LogP contribution in [0.3, 0.4) is 0 Å². The van der Waals surface area contributed by atoms with Gasteiger partial charge in [-0.1, -0.05) is 6.92 Å². The van der Waals surface area contributed by atoms with Gasteiger partial charge in [-0.25, -0.2) is 0 Å². The van der Waals surface area contributed by atoms with Crippen LogP contribution in [0.5, 0.6) is 0 Å². The van der Waals surface area contributed by atoms with Gasteiger partial charge < -0.3 is 10.6 Å².